The molecule has 0 radical (unpaired) electrons. The molecule has 1 aromatic rings. The van der Waals surface area contributed by atoms with Gasteiger partial charge in [0.05, 0.1) is 7.11 Å². The molecule has 5 heteroatoms. The van der Waals surface area contributed by atoms with Crippen molar-refractivity contribution in [1.29, 1.82) is 0 Å². The van der Waals surface area contributed by atoms with E-state index in [1.165, 1.54) is 18.4 Å². The number of nitrogens with one attached hydrogen (secondary N) is 1. The van der Waals surface area contributed by atoms with Gasteiger partial charge in [0.15, 0.2) is 5.06 Å². The molecule has 0 bridgehead atoms. The van der Waals surface area contributed by atoms with Crippen LogP contribution in [-0.2, 0) is 4.74 Å². The Hall–Kier alpha value is -1.07. The molecule has 4 nitrogen and oxygen atoms in total. The molecule has 0 amide bonds. The van der Waals surface area contributed by atoms with Crippen molar-refractivity contribution in [2.24, 2.45) is 0 Å². The molecule has 1 aliphatic rings. The Labute approximate surface area is 92.2 Å². The number of methoxy groups -OCH3 is 1. The fourth-order valence-corrected chi connectivity index (χ4v) is 2.28. The van der Waals surface area contributed by atoms with Crippen molar-refractivity contribution in [3.8, 4) is 5.06 Å². The van der Waals surface area contributed by atoms with Gasteiger partial charge >= 0.3 is 5.97 Å². The fourth-order valence-electron chi connectivity index (χ4n) is 1.38. The first-order valence-electron chi connectivity index (χ1n) is 4.71. The molecule has 2 heterocycles. The van der Waals surface area contributed by atoms with Gasteiger partial charge in [0.1, 0.15) is 10.5 Å². The van der Waals surface area contributed by atoms with Gasteiger partial charge in [-0.25, -0.2) is 4.79 Å². The summed E-state index contributed by atoms with van der Waals surface area (Å²) in [5, 5.41) is 3.91. The lowest BCUT2D eigenvalue weighted by molar-refractivity contribution is 0.0386. The number of carbonyl (C=O) groups is 1. The van der Waals surface area contributed by atoms with Gasteiger partial charge in [-0.05, 0) is 19.1 Å². The van der Waals surface area contributed by atoms with E-state index in [1.807, 2.05) is 6.92 Å². The Morgan fingerprint density at radius 1 is 1.53 bits per heavy atom. The molecule has 0 atom stereocenters. The third-order valence-electron chi connectivity index (χ3n) is 2.31. The van der Waals surface area contributed by atoms with Crippen LogP contribution in [0.25, 0.3) is 0 Å². The van der Waals surface area contributed by atoms with E-state index in [0.717, 1.165) is 18.2 Å². The van der Waals surface area contributed by atoms with Crippen molar-refractivity contribution in [3.63, 3.8) is 0 Å². The van der Waals surface area contributed by atoms with Crippen molar-refractivity contribution in [1.82, 2.24) is 5.32 Å². The summed E-state index contributed by atoms with van der Waals surface area (Å²) in [6, 6.07) is 3.53. The van der Waals surface area contributed by atoms with Gasteiger partial charge in [0.2, 0.25) is 0 Å². The van der Waals surface area contributed by atoms with E-state index >= 15 is 0 Å². The third kappa shape index (κ3) is 2.13. The van der Waals surface area contributed by atoms with Gasteiger partial charge in [0.25, 0.3) is 0 Å². The zero-order valence-electron chi connectivity index (χ0n) is 8.70. The van der Waals surface area contributed by atoms with Gasteiger partial charge in [-0.2, -0.15) is 0 Å². The molecule has 0 saturated carbocycles. The quantitative estimate of drug-likeness (QED) is 0.790. The second-order valence-electron chi connectivity index (χ2n) is 3.77. The van der Waals surface area contributed by atoms with E-state index < -0.39 is 0 Å². The van der Waals surface area contributed by atoms with Crippen LogP contribution in [0.2, 0.25) is 0 Å². The van der Waals surface area contributed by atoms with Crippen LogP contribution in [-0.4, -0.2) is 31.8 Å². The molecule has 1 N–H and O–H groups in total. The SMILES string of the molecule is COC(=O)c1ccc(OC2(C)CNC2)s1. The second-order valence-corrected chi connectivity index (χ2v) is 4.81. The topological polar surface area (TPSA) is 47.6 Å². The van der Waals surface area contributed by atoms with E-state index in [4.69, 9.17) is 4.74 Å². The summed E-state index contributed by atoms with van der Waals surface area (Å²) in [7, 11) is 1.37. The molecular weight excluding hydrogens is 214 g/mol. The Morgan fingerprint density at radius 2 is 2.27 bits per heavy atom. The minimum Gasteiger partial charge on any atom is -0.475 e. The summed E-state index contributed by atoms with van der Waals surface area (Å²) in [5.41, 5.74) is -0.127. The minimum absolute atomic E-state index is 0.127. The molecule has 1 aliphatic heterocycles. The lowest BCUT2D eigenvalue weighted by Crippen LogP contribution is -2.60. The van der Waals surface area contributed by atoms with Crippen LogP contribution in [0.3, 0.4) is 0 Å². The normalized spacial score (nSPS) is 18.0. The molecular formula is C10H13NO3S. The van der Waals surface area contributed by atoms with Gasteiger partial charge in [-0.1, -0.05) is 11.3 Å². The number of carbonyl (C=O) groups excluding carboxylic acids is 1. The maximum Gasteiger partial charge on any atom is 0.348 e. The van der Waals surface area contributed by atoms with E-state index in [9.17, 15) is 4.79 Å². The monoisotopic (exact) mass is 227 g/mol. The average Bonchev–Trinajstić information content (AvgIpc) is 2.62. The molecule has 2 rings (SSSR count). The van der Waals surface area contributed by atoms with Crippen LogP contribution in [0, 0.1) is 0 Å². The van der Waals surface area contributed by atoms with Crippen molar-refractivity contribution >= 4 is 17.3 Å². The summed E-state index contributed by atoms with van der Waals surface area (Å²) >= 11 is 1.32. The van der Waals surface area contributed by atoms with Crippen molar-refractivity contribution < 1.29 is 14.3 Å². The lowest BCUT2D eigenvalue weighted by Gasteiger charge is -2.38. The summed E-state index contributed by atoms with van der Waals surface area (Å²) in [4.78, 5) is 11.8. The lowest BCUT2D eigenvalue weighted by atomic mass is 10.0. The maximum atomic E-state index is 11.2. The number of thiophene rings is 1. The standard InChI is InChI=1S/C10H13NO3S/c1-10(5-11-6-10)14-8-4-3-7(15-8)9(12)13-2/h3-4,11H,5-6H2,1-2H3. The van der Waals surface area contributed by atoms with Crippen molar-refractivity contribution in [2.45, 2.75) is 12.5 Å². The predicted molar refractivity (Wildman–Crippen MR) is 57.6 cm³/mol. The van der Waals surface area contributed by atoms with E-state index in [-0.39, 0.29) is 11.6 Å². The minimum atomic E-state index is -0.313. The number of ether oxygens (including phenoxy) is 2. The molecule has 0 aliphatic carbocycles. The first kappa shape index (κ1) is 10.4. The summed E-state index contributed by atoms with van der Waals surface area (Å²) in [6.45, 7) is 3.73. The first-order valence-corrected chi connectivity index (χ1v) is 5.52. The van der Waals surface area contributed by atoms with Crippen LogP contribution < -0.4 is 10.1 Å². The number of rotatable bonds is 3. The maximum absolute atomic E-state index is 11.2. The highest BCUT2D eigenvalue weighted by atomic mass is 32.1. The van der Waals surface area contributed by atoms with E-state index in [0.29, 0.717) is 4.88 Å². The molecule has 1 aromatic heterocycles. The van der Waals surface area contributed by atoms with Gasteiger partial charge in [-0.15, -0.1) is 0 Å². The Bertz CT molecular complexity index is 370. The predicted octanol–water partition coefficient (Wildman–Crippen LogP) is 1.28. The Morgan fingerprint density at radius 3 is 2.80 bits per heavy atom. The Balaban J connectivity index is 2.04. The highest BCUT2D eigenvalue weighted by Gasteiger charge is 2.34. The summed E-state index contributed by atoms with van der Waals surface area (Å²) in [5.74, 6) is -0.313. The fraction of sp³-hybridized carbons (Fsp3) is 0.500. The second kappa shape index (κ2) is 3.83. The molecule has 82 valence electrons. The molecule has 15 heavy (non-hydrogen) atoms. The first-order chi connectivity index (χ1) is 7.13. The highest BCUT2D eigenvalue weighted by Crippen LogP contribution is 2.29. The average molecular weight is 227 g/mol. The molecule has 1 fully saturated rings. The van der Waals surface area contributed by atoms with Crippen molar-refractivity contribution in [2.75, 3.05) is 20.2 Å². The van der Waals surface area contributed by atoms with Gasteiger partial charge in [0, 0.05) is 13.1 Å². The van der Waals surface area contributed by atoms with Crippen LogP contribution in [0.4, 0.5) is 0 Å². The summed E-state index contributed by atoms with van der Waals surface area (Å²) < 4.78 is 10.4. The van der Waals surface area contributed by atoms with Crippen LogP contribution >= 0.6 is 11.3 Å². The molecule has 0 spiro atoms. The van der Waals surface area contributed by atoms with Crippen molar-refractivity contribution in [3.05, 3.63) is 17.0 Å². The Kier molecular flexibility index (Phi) is 2.67. The third-order valence-corrected chi connectivity index (χ3v) is 3.26. The van der Waals surface area contributed by atoms with E-state index in [2.05, 4.69) is 10.1 Å². The van der Waals surface area contributed by atoms with Crippen LogP contribution in [0.5, 0.6) is 5.06 Å². The zero-order valence-corrected chi connectivity index (χ0v) is 9.52. The van der Waals surface area contributed by atoms with Crippen LogP contribution in [0.15, 0.2) is 12.1 Å². The van der Waals surface area contributed by atoms with Gasteiger partial charge in [-0.3, -0.25) is 0 Å². The van der Waals surface area contributed by atoms with Crippen LogP contribution in [0.1, 0.15) is 16.6 Å². The largest absolute Gasteiger partial charge is 0.475 e. The highest BCUT2D eigenvalue weighted by molar-refractivity contribution is 7.15. The van der Waals surface area contributed by atoms with E-state index in [1.54, 1.807) is 12.1 Å². The number of hydrogen-bond acceptors (Lipinski definition) is 5. The molecule has 1 saturated heterocycles. The molecule has 0 unspecified atom stereocenters. The van der Waals surface area contributed by atoms with Gasteiger partial charge < -0.3 is 14.8 Å². The molecule has 0 aromatic carbocycles. The smallest absolute Gasteiger partial charge is 0.348 e. The zero-order chi connectivity index (χ0) is 10.9. The number of esters is 1. The number of hydrogen-bond donors (Lipinski definition) is 1. The summed E-state index contributed by atoms with van der Waals surface area (Å²) in [6.07, 6.45) is 0.